The summed E-state index contributed by atoms with van der Waals surface area (Å²) in [5, 5.41) is 20.2. The highest BCUT2D eigenvalue weighted by atomic mass is 16.7. The van der Waals surface area contributed by atoms with E-state index >= 15 is 0 Å². The van der Waals surface area contributed by atoms with Crippen LogP contribution < -0.4 is 0 Å². The molecule has 1 heterocycles. The molecule has 0 amide bonds. The van der Waals surface area contributed by atoms with Crippen molar-refractivity contribution in [3.05, 3.63) is 52.5 Å². The van der Waals surface area contributed by atoms with Gasteiger partial charge < -0.3 is 24.4 Å². The smallest absolute Gasteiger partial charge is 0.190 e. The van der Waals surface area contributed by atoms with Crippen molar-refractivity contribution >= 4 is 11.4 Å². The van der Waals surface area contributed by atoms with Crippen molar-refractivity contribution in [2.24, 2.45) is 17.3 Å². The molecule has 142 valence electrons. The molecule has 6 heteroatoms. The number of ether oxygens (including phenoxy) is 3. The normalized spacial score (nSPS) is 29.5. The number of Topliss-reactive ketones (excluding diaryl/α,β-unsaturated/α-hetero) is 1. The van der Waals surface area contributed by atoms with Crippen LogP contribution in [0.2, 0.25) is 0 Å². The molecule has 2 N–H and O–H groups in total. The van der Waals surface area contributed by atoms with Gasteiger partial charge in [0.25, 0.3) is 0 Å². The van der Waals surface area contributed by atoms with Gasteiger partial charge >= 0.3 is 0 Å². The van der Waals surface area contributed by atoms with Gasteiger partial charge in [-0.2, -0.15) is 0 Å². The van der Waals surface area contributed by atoms with Gasteiger partial charge in [-0.15, -0.1) is 0 Å². The van der Waals surface area contributed by atoms with E-state index < -0.39 is 5.79 Å². The van der Waals surface area contributed by atoms with E-state index in [4.69, 9.17) is 14.2 Å². The molecule has 1 saturated carbocycles. The Morgan fingerprint density at radius 3 is 2.48 bits per heavy atom. The molecule has 1 spiro atoms. The Morgan fingerprint density at radius 1 is 1.15 bits per heavy atom. The Balaban J connectivity index is 1.63. The van der Waals surface area contributed by atoms with Gasteiger partial charge in [-0.1, -0.05) is 38.1 Å². The predicted molar refractivity (Wildman–Crippen MR) is 95.8 cm³/mol. The van der Waals surface area contributed by atoms with Gasteiger partial charge in [-0.05, 0) is 5.56 Å². The van der Waals surface area contributed by atoms with Crippen molar-refractivity contribution in [2.45, 2.75) is 19.6 Å². The number of rotatable bonds is 3. The van der Waals surface area contributed by atoms with Crippen LogP contribution in [-0.2, 0) is 14.2 Å². The highest BCUT2D eigenvalue weighted by Crippen LogP contribution is 2.69. The molecule has 0 bridgehead atoms. The zero-order valence-corrected chi connectivity index (χ0v) is 15.3. The molecule has 0 aromatic heterocycles. The second-order valence-electron chi connectivity index (χ2n) is 8.37. The van der Waals surface area contributed by atoms with Crippen LogP contribution in [0.5, 0.6) is 0 Å². The summed E-state index contributed by atoms with van der Waals surface area (Å²) in [6.45, 7) is 5.00. The van der Waals surface area contributed by atoms with Crippen LogP contribution in [0.4, 0.5) is 0 Å². The standard InChI is InChI=1S/C21H22O6/c1-20(2)9-26-21(27-10-20)15-14-13(11-5-3-4-6-12(11)17(14)23)18(24)19(16(15)21)25-8-7-22/h3-6,15-16,22,24H,7-10H2,1-2H3/t15-,16-/m1/s1. The summed E-state index contributed by atoms with van der Waals surface area (Å²) in [5.41, 5.74) is 2.23. The lowest BCUT2D eigenvalue weighted by Crippen LogP contribution is -2.41. The van der Waals surface area contributed by atoms with Crippen LogP contribution in [0.1, 0.15) is 29.8 Å². The van der Waals surface area contributed by atoms with Gasteiger partial charge in [-0.25, -0.2) is 0 Å². The van der Waals surface area contributed by atoms with E-state index in [0.29, 0.717) is 41.2 Å². The van der Waals surface area contributed by atoms with Gasteiger partial charge in [0.2, 0.25) is 0 Å². The molecule has 1 aromatic rings. The molecule has 27 heavy (non-hydrogen) atoms. The van der Waals surface area contributed by atoms with Crippen molar-refractivity contribution in [1.82, 2.24) is 0 Å². The fourth-order valence-corrected chi connectivity index (χ4v) is 4.54. The SMILES string of the molecule is CC1(C)COC2(OC1)[C@@H]1C3=C(C(O)=C(OCCO)[C@@H]12)c1ccccc1C3=O. The molecule has 1 aliphatic heterocycles. The highest BCUT2D eigenvalue weighted by molar-refractivity contribution is 6.23. The average Bonchev–Trinajstić information content (AvgIpc) is 3.19. The third kappa shape index (κ3) is 2.15. The van der Waals surface area contributed by atoms with E-state index in [1.165, 1.54) is 0 Å². The maximum atomic E-state index is 13.1. The summed E-state index contributed by atoms with van der Waals surface area (Å²) < 4.78 is 18.0. The summed E-state index contributed by atoms with van der Waals surface area (Å²) in [5.74, 6) is -1.46. The third-order valence-electron chi connectivity index (χ3n) is 5.84. The second-order valence-corrected chi connectivity index (χ2v) is 8.37. The Morgan fingerprint density at radius 2 is 1.81 bits per heavy atom. The van der Waals surface area contributed by atoms with Gasteiger partial charge in [-0.3, -0.25) is 4.79 Å². The predicted octanol–water partition coefficient (Wildman–Crippen LogP) is 2.44. The van der Waals surface area contributed by atoms with E-state index in [9.17, 15) is 15.0 Å². The van der Waals surface area contributed by atoms with Gasteiger partial charge in [0.05, 0.1) is 31.7 Å². The van der Waals surface area contributed by atoms with E-state index in [2.05, 4.69) is 13.8 Å². The maximum absolute atomic E-state index is 13.1. The molecule has 0 unspecified atom stereocenters. The molecule has 3 aliphatic carbocycles. The Labute approximate surface area is 157 Å². The van der Waals surface area contributed by atoms with Crippen LogP contribution in [0, 0.1) is 17.3 Å². The molecular formula is C21H22O6. The van der Waals surface area contributed by atoms with Crippen molar-refractivity contribution in [1.29, 1.82) is 0 Å². The number of carbonyl (C=O) groups excluding carboxylic acids is 1. The van der Waals surface area contributed by atoms with Gasteiger partial charge in [0.1, 0.15) is 12.4 Å². The van der Waals surface area contributed by atoms with Crippen molar-refractivity contribution in [3.63, 3.8) is 0 Å². The molecule has 2 atom stereocenters. The Kier molecular flexibility index (Phi) is 3.42. The Bertz CT molecular complexity index is 899. The fraction of sp³-hybridized carbons (Fsp3) is 0.476. The summed E-state index contributed by atoms with van der Waals surface area (Å²) >= 11 is 0. The second kappa shape index (κ2) is 5.44. The third-order valence-corrected chi connectivity index (χ3v) is 5.84. The van der Waals surface area contributed by atoms with E-state index in [1.54, 1.807) is 6.07 Å². The van der Waals surface area contributed by atoms with E-state index in [0.717, 1.165) is 0 Å². The van der Waals surface area contributed by atoms with E-state index in [-0.39, 0.29) is 42.0 Å². The Hall–Kier alpha value is -2.15. The van der Waals surface area contributed by atoms with Crippen LogP contribution in [0.3, 0.4) is 0 Å². The monoisotopic (exact) mass is 370 g/mol. The first kappa shape index (κ1) is 17.0. The van der Waals surface area contributed by atoms with Crippen molar-refractivity contribution < 1.29 is 29.2 Å². The number of benzene rings is 1. The first-order valence-electron chi connectivity index (χ1n) is 9.24. The number of hydrogen-bond acceptors (Lipinski definition) is 6. The number of ketones is 1. The molecule has 4 aliphatic rings. The van der Waals surface area contributed by atoms with Crippen LogP contribution in [0.25, 0.3) is 5.57 Å². The minimum Gasteiger partial charge on any atom is -0.504 e. The summed E-state index contributed by atoms with van der Waals surface area (Å²) in [7, 11) is 0. The van der Waals surface area contributed by atoms with Crippen LogP contribution >= 0.6 is 0 Å². The van der Waals surface area contributed by atoms with Gasteiger partial charge in [0.15, 0.2) is 17.3 Å². The zero-order valence-electron chi connectivity index (χ0n) is 15.3. The lowest BCUT2D eigenvalue weighted by molar-refractivity contribution is -0.254. The number of carbonyl (C=O) groups is 1. The quantitative estimate of drug-likeness (QED) is 0.850. The lowest BCUT2D eigenvalue weighted by atomic mass is 9.94. The van der Waals surface area contributed by atoms with Crippen molar-refractivity contribution in [3.8, 4) is 0 Å². The summed E-state index contributed by atoms with van der Waals surface area (Å²) in [6.07, 6.45) is 0. The van der Waals surface area contributed by atoms with Crippen LogP contribution in [-0.4, -0.2) is 48.2 Å². The minimum atomic E-state index is -0.983. The molecule has 5 rings (SSSR count). The fourth-order valence-electron chi connectivity index (χ4n) is 4.54. The highest BCUT2D eigenvalue weighted by Gasteiger charge is 2.77. The lowest BCUT2D eigenvalue weighted by Gasteiger charge is -2.36. The maximum Gasteiger partial charge on any atom is 0.190 e. The molecule has 1 aromatic carbocycles. The minimum absolute atomic E-state index is 0.0492. The molecular weight excluding hydrogens is 348 g/mol. The first-order valence-corrected chi connectivity index (χ1v) is 9.24. The zero-order chi connectivity index (χ0) is 19.0. The van der Waals surface area contributed by atoms with Crippen molar-refractivity contribution in [2.75, 3.05) is 26.4 Å². The number of allylic oxidation sites excluding steroid dienone is 1. The largest absolute Gasteiger partial charge is 0.504 e. The molecule has 2 fully saturated rings. The summed E-state index contributed by atoms with van der Waals surface area (Å²) in [4.78, 5) is 13.1. The first-order chi connectivity index (χ1) is 12.9. The van der Waals surface area contributed by atoms with Crippen LogP contribution in [0.15, 0.2) is 41.4 Å². The van der Waals surface area contributed by atoms with E-state index in [1.807, 2.05) is 18.2 Å². The molecule has 0 radical (unpaired) electrons. The number of hydrogen-bond donors (Lipinski definition) is 2. The molecule has 6 nitrogen and oxygen atoms in total. The summed E-state index contributed by atoms with van der Waals surface area (Å²) in [6, 6.07) is 7.26. The molecule has 1 saturated heterocycles. The number of aliphatic hydroxyl groups excluding tert-OH is 2. The van der Waals surface area contributed by atoms with Gasteiger partial charge in [0, 0.05) is 22.1 Å². The number of aliphatic hydroxyl groups is 2. The topological polar surface area (TPSA) is 85.2 Å². The number of fused-ring (bicyclic) bond motifs is 6. The average molecular weight is 370 g/mol.